The fourth-order valence-corrected chi connectivity index (χ4v) is 3.32. The van der Waals surface area contributed by atoms with Crippen molar-refractivity contribution in [2.45, 2.75) is 25.4 Å². The second-order valence-electron chi connectivity index (χ2n) is 6.10. The van der Waals surface area contributed by atoms with Crippen molar-refractivity contribution in [3.05, 3.63) is 34.6 Å². The molecule has 0 radical (unpaired) electrons. The van der Waals surface area contributed by atoms with Gasteiger partial charge >= 0.3 is 0 Å². The predicted molar refractivity (Wildman–Crippen MR) is 87.5 cm³/mol. The molecule has 0 N–H and O–H groups in total. The van der Waals surface area contributed by atoms with Crippen LogP contribution in [0, 0.1) is 5.82 Å². The van der Waals surface area contributed by atoms with Gasteiger partial charge in [0.2, 0.25) is 0 Å². The minimum absolute atomic E-state index is 0.00395. The van der Waals surface area contributed by atoms with Crippen molar-refractivity contribution in [1.82, 2.24) is 9.80 Å². The second-order valence-corrected chi connectivity index (χ2v) is 6.53. The molecule has 1 unspecified atom stereocenters. The first-order chi connectivity index (χ1) is 11.6. The minimum atomic E-state index is -0.582. The molecule has 2 fully saturated rings. The molecule has 2 aliphatic rings. The van der Waals surface area contributed by atoms with Crippen LogP contribution in [-0.2, 0) is 9.53 Å². The van der Waals surface area contributed by atoms with Crippen molar-refractivity contribution in [1.29, 1.82) is 0 Å². The number of carbonyl (C=O) groups is 2. The Morgan fingerprint density at radius 1 is 1.12 bits per heavy atom. The Labute approximate surface area is 145 Å². The number of benzene rings is 1. The molecule has 7 heteroatoms. The molecule has 1 aromatic carbocycles. The van der Waals surface area contributed by atoms with Gasteiger partial charge in [0.15, 0.2) is 0 Å². The van der Waals surface area contributed by atoms with E-state index in [4.69, 9.17) is 16.3 Å². The third kappa shape index (κ3) is 3.70. The summed E-state index contributed by atoms with van der Waals surface area (Å²) in [5.74, 6) is -0.974. The highest BCUT2D eigenvalue weighted by atomic mass is 35.5. The standard InChI is InChI=1S/C17H20ClFN2O3/c18-12-4-5-14(19)13(11-12)16(22)20-6-2-7-21(9-8-20)17(23)15-3-1-10-24-15/h4-5,11,15H,1-3,6-10H2. The summed E-state index contributed by atoms with van der Waals surface area (Å²) in [6, 6.07) is 3.96. The van der Waals surface area contributed by atoms with E-state index in [9.17, 15) is 14.0 Å². The number of amides is 2. The smallest absolute Gasteiger partial charge is 0.256 e. The van der Waals surface area contributed by atoms with Crippen LogP contribution in [-0.4, -0.2) is 60.5 Å². The molecule has 0 aliphatic carbocycles. The maximum atomic E-state index is 13.9. The summed E-state index contributed by atoms with van der Waals surface area (Å²) in [7, 11) is 0. The minimum Gasteiger partial charge on any atom is -0.368 e. The van der Waals surface area contributed by atoms with Gasteiger partial charge in [-0.1, -0.05) is 11.6 Å². The lowest BCUT2D eigenvalue weighted by Gasteiger charge is -2.24. The topological polar surface area (TPSA) is 49.9 Å². The molecule has 0 saturated carbocycles. The van der Waals surface area contributed by atoms with Crippen molar-refractivity contribution in [3.8, 4) is 0 Å². The van der Waals surface area contributed by atoms with E-state index in [1.54, 1.807) is 9.80 Å². The summed E-state index contributed by atoms with van der Waals surface area (Å²) in [5, 5.41) is 0.324. The molecule has 130 valence electrons. The van der Waals surface area contributed by atoms with Gasteiger partial charge in [0.05, 0.1) is 5.56 Å². The number of nitrogens with zero attached hydrogens (tertiary/aromatic N) is 2. The van der Waals surface area contributed by atoms with E-state index < -0.39 is 5.82 Å². The van der Waals surface area contributed by atoms with Crippen LogP contribution in [0.5, 0.6) is 0 Å². The van der Waals surface area contributed by atoms with Gasteiger partial charge in [-0.2, -0.15) is 0 Å². The van der Waals surface area contributed by atoms with Gasteiger partial charge in [-0.15, -0.1) is 0 Å². The van der Waals surface area contributed by atoms with E-state index in [-0.39, 0.29) is 23.5 Å². The highest BCUT2D eigenvalue weighted by Crippen LogP contribution is 2.19. The predicted octanol–water partition coefficient (Wildman–Crippen LogP) is 2.33. The average Bonchev–Trinajstić information content (AvgIpc) is 3.00. The molecule has 1 aromatic rings. The van der Waals surface area contributed by atoms with Gasteiger partial charge < -0.3 is 14.5 Å². The fraction of sp³-hybridized carbons (Fsp3) is 0.529. The van der Waals surface area contributed by atoms with Gasteiger partial charge in [0.25, 0.3) is 11.8 Å². The second kappa shape index (κ2) is 7.49. The molecule has 2 aliphatic heterocycles. The van der Waals surface area contributed by atoms with Crippen molar-refractivity contribution >= 4 is 23.4 Å². The molecule has 2 saturated heterocycles. The lowest BCUT2D eigenvalue weighted by Crippen LogP contribution is -2.42. The molecule has 0 bridgehead atoms. The van der Waals surface area contributed by atoms with Gasteiger partial charge in [-0.3, -0.25) is 9.59 Å². The Bertz CT molecular complexity index is 634. The van der Waals surface area contributed by atoms with E-state index in [0.717, 1.165) is 12.8 Å². The first-order valence-corrected chi connectivity index (χ1v) is 8.59. The largest absolute Gasteiger partial charge is 0.368 e. The van der Waals surface area contributed by atoms with E-state index in [1.807, 2.05) is 0 Å². The molecule has 0 aromatic heterocycles. The number of hydrogen-bond acceptors (Lipinski definition) is 3. The number of rotatable bonds is 2. The van der Waals surface area contributed by atoms with Gasteiger partial charge in [0.1, 0.15) is 11.9 Å². The lowest BCUT2D eigenvalue weighted by atomic mass is 10.2. The molecule has 24 heavy (non-hydrogen) atoms. The van der Waals surface area contributed by atoms with Crippen molar-refractivity contribution < 1.29 is 18.7 Å². The summed E-state index contributed by atoms with van der Waals surface area (Å²) in [6.07, 6.45) is 1.97. The first kappa shape index (κ1) is 17.2. The average molecular weight is 355 g/mol. The zero-order chi connectivity index (χ0) is 17.1. The van der Waals surface area contributed by atoms with Gasteiger partial charge in [-0.05, 0) is 37.5 Å². The molecule has 3 rings (SSSR count). The monoisotopic (exact) mass is 354 g/mol. The SMILES string of the molecule is O=C(c1cc(Cl)ccc1F)N1CCCN(C(=O)C2CCCO2)CC1. The molecular weight excluding hydrogens is 335 g/mol. The van der Waals surface area contributed by atoms with Crippen LogP contribution >= 0.6 is 11.6 Å². The van der Waals surface area contributed by atoms with E-state index in [2.05, 4.69) is 0 Å². The number of ether oxygens (including phenoxy) is 1. The maximum Gasteiger partial charge on any atom is 0.256 e. The maximum absolute atomic E-state index is 13.9. The van der Waals surface area contributed by atoms with Crippen LogP contribution in [0.2, 0.25) is 5.02 Å². The molecule has 2 heterocycles. The normalized spacial score (nSPS) is 21.7. The molecular formula is C17H20ClFN2O3. The van der Waals surface area contributed by atoms with Crippen LogP contribution in [0.4, 0.5) is 4.39 Å². The first-order valence-electron chi connectivity index (χ1n) is 8.21. The van der Waals surface area contributed by atoms with Crippen molar-refractivity contribution in [2.24, 2.45) is 0 Å². The fourth-order valence-electron chi connectivity index (χ4n) is 3.15. The highest BCUT2D eigenvalue weighted by Gasteiger charge is 2.30. The van der Waals surface area contributed by atoms with E-state index >= 15 is 0 Å². The lowest BCUT2D eigenvalue weighted by molar-refractivity contribution is -0.140. The van der Waals surface area contributed by atoms with Crippen molar-refractivity contribution in [2.75, 3.05) is 32.8 Å². The summed E-state index contributed by atoms with van der Waals surface area (Å²) in [6.45, 7) is 2.51. The Morgan fingerprint density at radius 3 is 2.62 bits per heavy atom. The van der Waals surface area contributed by atoms with Crippen molar-refractivity contribution in [3.63, 3.8) is 0 Å². The highest BCUT2D eigenvalue weighted by molar-refractivity contribution is 6.31. The summed E-state index contributed by atoms with van der Waals surface area (Å²) in [4.78, 5) is 28.3. The Balaban J connectivity index is 1.65. The zero-order valence-electron chi connectivity index (χ0n) is 13.3. The Hall–Kier alpha value is -1.66. The van der Waals surface area contributed by atoms with Crippen LogP contribution in [0.1, 0.15) is 29.6 Å². The van der Waals surface area contributed by atoms with E-state index in [0.29, 0.717) is 44.2 Å². The third-order valence-electron chi connectivity index (χ3n) is 4.46. The summed E-state index contributed by atoms with van der Waals surface area (Å²) >= 11 is 5.87. The zero-order valence-corrected chi connectivity index (χ0v) is 14.1. The molecule has 1 atom stereocenters. The van der Waals surface area contributed by atoms with Crippen LogP contribution in [0.25, 0.3) is 0 Å². The number of halogens is 2. The summed E-state index contributed by atoms with van der Waals surface area (Å²) in [5.41, 5.74) is -0.0265. The summed E-state index contributed by atoms with van der Waals surface area (Å²) < 4.78 is 19.3. The van der Waals surface area contributed by atoms with Crippen LogP contribution in [0.15, 0.2) is 18.2 Å². The molecule has 0 spiro atoms. The Morgan fingerprint density at radius 2 is 1.88 bits per heavy atom. The van der Waals surface area contributed by atoms with E-state index in [1.165, 1.54) is 18.2 Å². The number of hydrogen-bond donors (Lipinski definition) is 0. The quantitative estimate of drug-likeness (QED) is 0.819. The van der Waals surface area contributed by atoms with Crippen LogP contribution < -0.4 is 0 Å². The van der Waals surface area contributed by atoms with Gasteiger partial charge in [0, 0.05) is 37.8 Å². The molecule has 5 nitrogen and oxygen atoms in total. The molecule has 2 amide bonds. The Kier molecular flexibility index (Phi) is 5.36. The van der Waals surface area contributed by atoms with Gasteiger partial charge in [-0.25, -0.2) is 4.39 Å². The number of carbonyl (C=O) groups excluding carboxylic acids is 2. The van der Waals surface area contributed by atoms with Crippen LogP contribution in [0.3, 0.4) is 0 Å². The third-order valence-corrected chi connectivity index (χ3v) is 4.69.